The predicted octanol–water partition coefficient (Wildman–Crippen LogP) is 3.18. The van der Waals surface area contributed by atoms with Gasteiger partial charge in [-0.25, -0.2) is 4.79 Å². The van der Waals surface area contributed by atoms with Gasteiger partial charge in [-0.3, -0.25) is 4.79 Å². The van der Waals surface area contributed by atoms with Crippen molar-refractivity contribution in [2.24, 2.45) is 5.92 Å². The molecule has 0 aliphatic heterocycles. The van der Waals surface area contributed by atoms with Crippen molar-refractivity contribution in [3.63, 3.8) is 0 Å². The maximum Gasteiger partial charge on any atom is 0.328 e. The highest BCUT2D eigenvalue weighted by Gasteiger charge is 2.23. The van der Waals surface area contributed by atoms with Gasteiger partial charge in [-0.05, 0) is 37.8 Å². The molecular weight excluding hydrogens is 278 g/mol. The normalized spacial score (nSPS) is 12.6. The van der Waals surface area contributed by atoms with Gasteiger partial charge in [-0.2, -0.15) is 0 Å². The Kier molecular flexibility index (Phi) is 7.37. The standard InChI is InChI=1S/C18H25NO3/c1-13(2)12-16(18(21)22-14(3)4)19-17(20)11-10-15-8-6-5-7-9-15/h5-11,13-14,16H,12H2,1-4H3,(H,19,20)/b11-10+/t16-/m0/s1. The van der Waals surface area contributed by atoms with Crippen molar-refractivity contribution in [3.05, 3.63) is 42.0 Å². The van der Waals surface area contributed by atoms with Gasteiger partial charge in [0.2, 0.25) is 5.91 Å². The molecule has 1 aromatic carbocycles. The lowest BCUT2D eigenvalue weighted by Crippen LogP contribution is -2.42. The minimum absolute atomic E-state index is 0.195. The van der Waals surface area contributed by atoms with Crippen LogP contribution in [0.15, 0.2) is 36.4 Å². The van der Waals surface area contributed by atoms with Gasteiger partial charge in [-0.1, -0.05) is 44.2 Å². The first kappa shape index (κ1) is 18.0. The third kappa shape index (κ3) is 7.07. The summed E-state index contributed by atoms with van der Waals surface area (Å²) in [6, 6.07) is 8.91. The molecule has 0 spiro atoms. The second-order valence-electron chi connectivity index (χ2n) is 5.92. The summed E-state index contributed by atoms with van der Waals surface area (Å²) in [5.74, 6) is -0.400. The molecule has 0 fully saturated rings. The number of hydrogen-bond acceptors (Lipinski definition) is 3. The van der Waals surface area contributed by atoms with Crippen LogP contribution >= 0.6 is 0 Å². The van der Waals surface area contributed by atoms with Gasteiger partial charge >= 0.3 is 5.97 Å². The highest BCUT2D eigenvalue weighted by atomic mass is 16.5. The number of ether oxygens (including phenoxy) is 1. The molecule has 1 rings (SSSR count). The van der Waals surface area contributed by atoms with Crippen LogP contribution in [0.5, 0.6) is 0 Å². The Hall–Kier alpha value is -2.10. The molecule has 1 atom stereocenters. The van der Waals surface area contributed by atoms with Gasteiger partial charge in [0.1, 0.15) is 6.04 Å². The summed E-state index contributed by atoms with van der Waals surface area (Å²) in [4.78, 5) is 24.0. The number of carbonyl (C=O) groups is 2. The lowest BCUT2D eigenvalue weighted by atomic mass is 10.0. The molecule has 0 saturated heterocycles. The van der Waals surface area contributed by atoms with E-state index in [-0.39, 0.29) is 23.9 Å². The summed E-state index contributed by atoms with van der Waals surface area (Å²) in [5.41, 5.74) is 0.933. The zero-order chi connectivity index (χ0) is 16.5. The molecule has 4 heteroatoms. The van der Waals surface area contributed by atoms with Gasteiger partial charge in [-0.15, -0.1) is 0 Å². The Labute approximate surface area is 132 Å². The zero-order valence-corrected chi connectivity index (χ0v) is 13.7. The van der Waals surface area contributed by atoms with Crippen LogP contribution in [0.25, 0.3) is 6.08 Å². The van der Waals surface area contributed by atoms with Gasteiger partial charge < -0.3 is 10.1 Å². The fraction of sp³-hybridized carbons (Fsp3) is 0.444. The van der Waals surface area contributed by atoms with Crippen molar-refractivity contribution in [2.45, 2.75) is 46.3 Å². The number of rotatable bonds is 7. The van der Waals surface area contributed by atoms with Crippen LogP contribution in [-0.2, 0) is 14.3 Å². The van der Waals surface area contributed by atoms with Crippen LogP contribution in [0.4, 0.5) is 0 Å². The van der Waals surface area contributed by atoms with Gasteiger partial charge in [0, 0.05) is 6.08 Å². The number of benzene rings is 1. The summed E-state index contributed by atoms with van der Waals surface area (Å²) < 4.78 is 5.20. The van der Waals surface area contributed by atoms with Crippen LogP contribution in [0.2, 0.25) is 0 Å². The summed E-state index contributed by atoms with van der Waals surface area (Å²) >= 11 is 0. The number of carbonyl (C=O) groups excluding carboxylic acids is 2. The van der Waals surface area contributed by atoms with Crippen LogP contribution in [0.1, 0.15) is 39.7 Å². The van der Waals surface area contributed by atoms with Crippen LogP contribution < -0.4 is 5.32 Å². The van der Waals surface area contributed by atoms with Crippen LogP contribution in [0, 0.1) is 5.92 Å². The maximum atomic E-state index is 12.0. The minimum Gasteiger partial charge on any atom is -0.461 e. The Morgan fingerprint density at radius 3 is 2.32 bits per heavy atom. The fourth-order valence-electron chi connectivity index (χ4n) is 1.96. The summed E-state index contributed by atoms with van der Waals surface area (Å²) in [6.45, 7) is 7.59. The largest absolute Gasteiger partial charge is 0.461 e. The molecule has 0 aromatic heterocycles. The van der Waals surface area contributed by atoms with E-state index in [9.17, 15) is 9.59 Å². The Morgan fingerprint density at radius 2 is 1.77 bits per heavy atom. The molecule has 0 bridgehead atoms. The molecule has 0 radical (unpaired) electrons. The molecule has 4 nitrogen and oxygen atoms in total. The minimum atomic E-state index is -0.615. The quantitative estimate of drug-likeness (QED) is 0.622. The molecule has 0 heterocycles. The maximum absolute atomic E-state index is 12.0. The predicted molar refractivity (Wildman–Crippen MR) is 88.1 cm³/mol. The van der Waals surface area contributed by atoms with E-state index in [0.717, 1.165) is 5.56 Å². The van der Waals surface area contributed by atoms with Gasteiger partial charge in [0.25, 0.3) is 0 Å². The van der Waals surface area contributed by atoms with Crippen LogP contribution in [-0.4, -0.2) is 24.0 Å². The molecule has 1 amide bonds. The van der Waals surface area contributed by atoms with Crippen molar-refractivity contribution >= 4 is 18.0 Å². The van der Waals surface area contributed by atoms with Crippen molar-refractivity contribution in [2.75, 3.05) is 0 Å². The Balaban J connectivity index is 2.66. The average molecular weight is 303 g/mol. The Bertz CT molecular complexity index is 506. The third-order valence-electron chi connectivity index (χ3n) is 2.89. The smallest absolute Gasteiger partial charge is 0.328 e. The average Bonchev–Trinajstić information content (AvgIpc) is 2.44. The molecule has 0 aliphatic carbocycles. The molecule has 0 aliphatic rings. The van der Waals surface area contributed by atoms with E-state index >= 15 is 0 Å². The van der Waals surface area contributed by atoms with E-state index in [4.69, 9.17) is 4.74 Å². The second-order valence-corrected chi connectivity index (χ2v) is 5.92. The number of esters is 1. The van der Waals surface area contributed by atoms with E-state index in [2.05, 4.69) is 5.32 Å². The molecule has 0 saturated carbocycles. The van der Waals surface area contributed by atoms with Crippen molar-refractivity contribution in [1.82, 2.24) is 5.32 Å². The number of hydrogen-bond donors (Lipinski definition) is 1. The first-order valence-corrected chi connectivity index (χ1v) is 7.62. The molecule has 1 aromatic rings. The first-order valence-electron chi connectivity index (χ1n) is 7.62. The lowest BCUT2D eigenvalue weighted by Gasteiger charge is -2.20. The zero-order valence-electron chi connectivity index (χ0n) is 13.7. The number of amides is 1. The molecule has 120 valence electrons. The fourth-order valence-corrected chi connectivity index (χ4v) is 1.96. The molecular formula is C18H25NO3. The van der Waals surface area contributed by atoms with Crippen molar-refractivity contribution in [3.8, 4) is 0 Å². The summed E-state index contributed by atoms with van der Waals surface area (Å²) in [7, 11) is 0. The van der Waals surface area contributed by atoms with E-state index in [1.165, 1.54) is 6.08 Å². The van der Waals surface area contributed by atoms with Crippen LogP contribution in [0.3, 0.4) is 0 Å². The Morgan fingerprint density at radius 1 is 1.14 bits per heavy atom. The molecule has 0 unspecified atom stereocenters. The monoisotopic (exact) mass is 303 g/mol. The topological polar surface area (TPSA) is 55.4 Å². The van der Waals surface area contributed by atoms with Crippen molar-refractivity contribution in [1.29, 1.82) is 0 Å². The van der Waals surface area contributed by atoms with Gasteiger partial charge in [0.05, 0.1) is 6.10 Å². The first-order chi connectivity index (χ1) is 10.4. The summed E-state index contributed by atoms with van der Waals surface area (Å²) in [6.07, 6.45) is 3.51. The van der Waals surface area contributed by atoms with Crippen molar-refractivity contribution < 1.29 is 14.3 Å². The van der Waals surface area contributed by atoms with E-state index < -0.39 is 6.04 Å². The number of nitrogens with one attached hydrogen (secondary N) is 1. The summed E-state index contributed by atoms with van der Waals surface area (Å²) in [5, 5.41) is 2.72. The molecule has 22 heavy (non-hydrogen) atoms. The second kappa shape index (κ2) is 9.03. The lowest BCUT2D eigenvalue weighted by molar-refractivity contribution is -0.151. The highest BCUT2D eigenvalue weighted by molar-refractivity contribution is 5.94. The highest BCUT2D eigenvalue weighted by Crippen LogP contribution is 2.08. The third-order valence-corrected chi connectivity index (χ3v) is 2.89. The van der Waals surface area contributed by atoms with E-state index in [1.54, 1.807) is 19.9 Å². The van der Waals surface area contributed by atoms with E-state index in [1.807, 2.05) is 44.2 Å². The molecule has 1 N–H and O–H groups in total. The SMILES string of the molecule is CC(C)C[C@H](NC(=O)/C=C/c1ccccc1)C(=O)OC(C)C. The van der Waals surface area contributed by atoms with Gasteiger partial charge in [0.15, 0.2) is 0 Å². The van der Waals surface area contributed by atoms with E-state index in [0.29, 0.717) is 6.42 Å².